The van der Waals surface area contributed by atoms with Gasteiger partial charge in [0.1, 0.15) is 0 Å². The highest BCUT2D eigenvalue weighted by molar-refractivity contribution is 6.37. The van der Waals surface area contributed by atoms with Gasteiger partial charge in [-0.2, -0.15) is 5.26 Å². The Balaban J connectivity index is 2.13. The van der Waals surface area contributed by atoms with Crippen molar-refractivity contribution >= 4 is 34.8 Å². The summed E-state index contributed by atoms with van der Waals surface area (Å²) in [6.45, 7) is 0. The Labute approximate surface area is 126 Å². The zero-order valence-corrected chi connectivity index (χ0v) is 11.9. The molecule has 1 N–H and O–H groups in total. The third kappa shape index (κ3) is 3.51. The van der Waals surface area contributed by atoms with Crippen LogP contribution in [-0.2, 0) is 6.42 Å². The molecule has 5 heteroatoms. The smallest absolute Gasteiger partial charge is 0.257 e. The number of anilines is 1. The van der Waals surface area contributed by atoms with Gasteiger partial charge in [-0.15, -0.1) is 0 Å². The molecule has 20 heavy (non-hydrogen) atoms. The molecule has 2 aromatic carbocycles. The summed E-state index contributed by atoms with van der Waals surface area (Å²) in [6, 6.07) is 13.8. The number of nitrogens with one attached hydrogen (secondary N) is 1. The van der Waals surface area contributed by atoms with Crippen LogP contribution in [0.1, 0.15) is 15.9 Å². The number of nitriles is 1. The van der Waals surface area contributed by atoms with Gasteiger partial charge >= 0.3 is 0 Å². The Morgan fingerprint density at radius 3 is 2.45 bits per heavy atom. The summed E-state index contributed by atoms with van der Waals surface area (Å²) in [6.07, 6.45) is 0.344. The van der Waals surface area contributed by atoms with Crippen LogP contribution in [0, 0.1) is 11.3 Å². The molecule has 0 saturated carbocycles. The average molecular weight is 305 g/mol. The van der Waals surface area contributed by atoms with Crippen LogP contribution in [-0.4, -0.2) is 5.91 Å². The minimum Gasteiger partial charge on any atom is -0.322 e. The van der Waals surface area contributed by atoms with Crippen molar-refractivity contribution < 1.29 is 4.79 Å². The maximum Gasteiger partial charge on any atom is 0.257 e. The first-order chi connectivity index (χ1) is 9.60. The van der Waals surface area contributed by atoms with E-state index in [1.165, 1.54) is 6.07 Å². The molecule has 0 aliphatic heterocycles. The minimum absolute atomic E-state index is 0.302. The molecular formula is C15H10Cl2N2O. The van der Waals surface area contributed by atoms with Crippen LogP contribution in [0.4, 0.5) is 5.69 Å². The van der Waals surface area contributed by atoms with Crippen molar-refractivity contribution in [2.24, 2.45) is 0 Å². The first-order valence-corrected chi connectivity index (χ1v) is 6.58. The summed E-state index contributed by atoms with van der Waals surface area (Å²) < 4.78 is 0. The number of carbonyl (C=O) groups excluding carboxylic acids is 1. The van der Waals surface area contributed by atoms with Gasteiger partial charge in [0.15, 0.2) is 0 Å². The first kappa shape index (κ1) is 14.4. The quantitative estimate of drug-likeness (QED) is 0.918. The monoisotopic (exact) mass is 304 g/mol. The van der Waals surface area contributed by atoms with Crippen LogP contribution < -0.4 is 5.32 Å². The van der Waals surface area contributed by atoms with Crippen LogP contribution in [0.15, 0.2) is 42.5 Å². The van der Waals surface area contributed by atoms with E-state index in [-0.39, 0.29) is 5.91 Å². The molecule has 0 aliphatic carbocycles. The van der Waals surface area contributed by atoms with Crippen LogP contribution in [0.2, 0.25) is 10.0 Å². The first-order valence-electron chi connectivity index (χ1n) is 5.82. The van der Waals surface area contributed by atoms with Gasteiger partial charge in [0.05, 0.1) is 23.1 Å². The normalized spacial score (nSPS) is 9.85. The van der Waals surface area contributed by atoms with Crippen molar-refractivity contribution in [3.05, 3.63) is 63.6 Å². The van der Waals surface area contributed by atoms with E-state index in [0.717, 1.165) is 5.56 Å². The maximum atomic E-state index is 12.1. The van der Waals surface area contributed by atoms with E-state index in [4.69, 9.17) is 28.5 Å². The van der Waals surface area contributed by atoms with E-state index in [0.29, 0.717) is 27.7 Å². The van der Waals surface area contributed by atoms with Crippen LogP contribution in [0.3, 0.4) is 0 Å². The van der Waals surface area contributed by atoms with Crippen molar-refractivity contribution in [1.29, 1.82) is 5.26 Å². The molecule has 2 rings (SSSR count). The fourth-order valence-electron chi connectivity index (χ4n) is 1.67. The molecule has 0 aliphatic rings. The third-order valence-corrected chi connectivity index (χ3v) is 3.22. The van der Waals surface area contributed by atoms with Crippen molar-refractivity contribution in [2.75, 3.05) is 5.32 Å². The van der Waals surface area contributed by atoms with Crippen LogP contribution in [0.25, 0.3) is 0 Å². The van der Waals surface area contributed by atoms with Crippen molar-refractivity contribution in [2.45, 2.75) is 6.42 Å². The highest BCUT2D eigenvalue weighted by Crippen LogP contribution is 2.22. The number of halogens is 2. The highest BCUT2D eigenvalue weighted by atomic mass is 35.5. The lowest BCUT2D eigenvalue weighted by atomic mass is 10.1. The summed E-state index contributed by atoms with van der Waals surface area (Å²) in [4.78, 5) is 12.1. The Hall–Kier alpha value is -2.02. The standard InChI is InChI=1S/C15H10Cl2N2O/c16-11-3-6-13(14(17)9-11)15(20)19-12-4-1-10(2-5-12)7-8-18/h1-6,9H,7H2,(H,19,20). The number of amides is 1. The van der Waals surface area contributed by atoms with E-state index >= 15 is 0 Å². The number of hydrogen-bond donors (Lipinski definition) is 1. The summed E-state index contributed by atoms with van der Waals surface area (Å²) >= 11 is 11.8. The lowest BCUT2D eigenvalue weighted by Gasteiger charge is -2.07. The molecule has 0 atom stereocenters. The zero-order chi connectivity index (χ0) is 14.5. The summed E-state index contributed by atoms with van der Waals surface area (Å²) in [5.41, 5.74) is 1.90. The van der Waals surface area contributed by atoms with Gasteiger partial charge < -0.3 is 5.32 Å². The number of carbonyl (C=O) groups is 1. The molecule has 0 fully saturated rings. The molecule has 1 amide bonds. The fourth-order valence-corrected chi connectivity index (χ4v) is 2.16. The maximum absolute atomic E-state index is 12.1. The van der Waals surface area contributed by atoms with E-state index in [9.17, 15) is 4.79 Å². The third-order valence-electron chi connectivity index (χ3n) is 2.67. The minimum atomic E-state index is -0.306. The van der Waals surface area contributed by atoms with Gasteiger partial charge in [0, 0.05) is 10.7 Å². The number of hydrogen-bond acceptors (Lipinski definition) is 2. The SMILES string of the molecule is N#CCc1ccc(NC(=O)c2ccc(Cl)cc2Cl)cc1. The largest absolute Gasteiger partial charge is 0.322 e. The fraction of sp³-hybridized carbons (Fsp3) is 0.0667. The van der Waals surface area contributed by atoms with Crippen molar-refractivity contribution in [3.8, 4) is 6.07 Å². The predicted octanol–water partition coefficient (Wildman–Crippen LogP) is 4.31. The van der Waals surface area contributed by atoms with Crippen molar-refractivity contribution in [1.82, 2.24) is 0 Å². The Morgan fingerprint density at radius 1 is 1.15 bits per heavy atom. The molecular weight excluding hydrogens is 295 g/mol. The van der Waals surface area contributed by atoms with Crippen LogP contribution in [0.5, 0.6) is 0 Å². The van der Waals surface area contributed by atoms with Gasteiger partial charge in [-0.05, 0) is 35.9 Å². The number of benzene rings is 2. The molecule has 0 spiro atoms. The Morgan fingerprint density at radius 2 is 1.85 bits per heavy atom. The van der Waals surface area contributed by atoms with E-state index in [2.05, 4.69) is 11.4 Å². The van der Waals surface area contributed by atoms with Crippen molar-refractivity contribution in [3.63, 3.8) is 0 Å². The molecule has 2 aromatic rings. The summed E-state index contributed by atoms with van der Waals surface area (Å²) in [5.74, 6) is -0.306. The molecule has 0 radical (unpaired) electrons. The highest BCUT2D eigenvalue weighted by Gasteiger charge is 2.10. The lowest BCUT2D eigenvalue weighted by Crippen LogP contribution is -2.12. The zero-order valence-electron chi connectivity index (χ0n) is 10.4. The average Bonchev–Trinajstić information content (AvgIpc) is 2.41. The molecule has 3 nitrogen and oxygen atoms in total. The van der Waals surface area contributed by atoms with E-state index < -0.39 is 0 Å². The molecule has 0 heterocycles. The molecule has 0 bridgehead atoms. The van der Waals surface area contributed by atoms with E-state index in [1.807, 2.05) is 0 Å². The second-order valence-corrected chi connectivity index (χ2v) is 4.95. The molecule has 0 aromatic heterocycles. The van der Waals surface area contributed by atoms with Gasteiger partial charge in [0.2, 0.25) is 0 Å². The lowest BCUT2D eigenvalue weighted by molar-refractivity contribution is 0.102. The second kappa shape index (κ2) is 6.42. The second-order valence-electron chi connectivity index (χ2n) is 4.11. The van der Waals surface area contributed by atoms with Gasteiger partial charge in [-0.1, -0.05) is 35.3 Å². The molecule has 100 valence electrons. The van der Waals surface area contributed by atoms with Crippen LogP contribution >= 0.6 is 23.2 Å². The van der Waals surface area contributed by atoms with Gasteiger partial charge in [0.25, 0.3) is 5.91 Å². The topological polar surface area (TPSA) is 52.9 Å². The number of rotatable bonds is 3. The van der Waals surface area contributed by atoms with E-state index in [1.54, 1.807) is 36.4 Å². The molecule has 0 unspecified atom stereocenters. The van der Waals surface area contributed by atoms with Gasteiger partial charge in [-0.3, -0.25) is 4.79 Å². The number of nitrogens with zero attached hydrogens (tertiary/aromatic N) is 1. The summed E-state index contributed by atoms with van der Waals surface area (Å²) in [5, 5.41) is 12.1. The summed E-state index contributed by atoms with van der Waals surface area (Å²) in [7, 11) is 0. The Kier molecular flexibility index (Phi) is 4.62. The van der Waals surface area contributed by atoms with Gasteiger partial charge in [-0.25, -0.2) is 0 Å². The Bertz CT molecular complexity index is 675. The molecule has 0 saturated heterocycles. The predicted molar refractivity (Wildman–Crippen MR) is 80.2 cm³/mol.